The number of rotatable bonds is 13. The van der Waals surface area contributed by atoms with Crippen molar-refractivity contribution in [1.29, 1.82) is 0 Å². The first-order valence-corrected chi connectivity index (χ1v) is 12.5. The Morgan fingerprint density at radius 2 is 1.58 bits per heavy atom. The average Bonchev–Trinajstić information content (AvgIpc) is 2.90. The predicted molar refractivity (Wildman–Crippen MR) is 140 cm³/mol. The van der Waals surface area contributed by atoms with E-state index in [2.05, 4.69) is 5.32 Å². The van der Waals surface area contributed by atoms with Crippen molar-refractivity contribution in [2.24, 2.45) is 0 Å². The molecule has 3 aromatic rings. The molecule has 5 nitrogen and oxygen atoms in total. The zero-order valence-electron chi connectivity index (χ0n) is 21.0. The Hall–Kier alpha value is -3.67. The molecule has 0 fully saturated rings. The van der Waals surface area contributed by atoms with Crippen LogP contribution in [-0.4, -0.2) is 35.4 Å². The first-order chi connectivity index (χ1) is 17.5. The van der Waals surface area contributed by atoms with Crippen LogP contribution in [0.5, 0.6) is 5.75 Å². The maximum Gasteiger partial charge on any atom is 0.243 e. The Morgan fingerprint density at radius 1 is 0.944 bits per heavy atom. The standard InChI is InChI=1S/C30H35FN2O3/c1-3-23(2)32-30(35)28(21-24-13-6-4-7-14-24)33(22-25-15-10-11-18-27(25)31)29(34)19-12-20-36-26-16-8-5-9-17-26/h4-11,13-18,23,28H,3,12,19-22H2,1-2H3,(H,32,35)/t23-,28+/m0/s1. The second-order valence-electron chi connectivity index (χ2n) is 8.90. The molecule has 0 heterocycles. The molecule has 3 aromatic carbocycles. The number of ether oxygens (including phenoxy) is 1. The summed E-state index contributed by atoms with van der Waals surface area (Å²) in [5.74, 6) is -0.111. The van der Waals surface area contributed by atoms with Crippen LogP contribution in [0.25, 0.3) is 0 Å². The molecule has 0 aromatic heterocycles. The van der Waals surface area contributed by atoms with Crippen LogP contribution < -0.4 is 10.1 Å². The van der Waals surface area contributed by atoms with Gasteiger partial charge in [0.25, 0.3) is 0 Å². The highest BCUT2D eigenvalue weighted by atomic mass is 19.1. The highest BCUT2D eigenvalue weighted by Gasteiger charge is 2.31. The molecule has 0 aliphatic rings. The van der Waals surface area contributed by atoms with Gasteiger partial charge in [0.2, 0.25) is 11.8 Å². The summed E-state index contributed by atoms with van der Waals surface area (Å²) in [5.41, 5.74) is 1.31. The molecule has 2 atom stereocenters. The van der Waals surface area contributed by atoms with Gasteiger partial charge in [0.15, 0.2) is 0 Å². The van der Waals surface area contributed by atoms with Gasteiger partial charge in [0.05, 0.1) is 6.61 Å². The van der Waals surface area contributed by atoms with Crippen molar-refractivity contribution in [1.82, 2.24) is 10.2 Å². The first-order valence-electron chi connectivity index (χ1n) is 12.5. The summed E-state index contributed by atoms with van der Waals surface area (Å²) in [6, 6.07) is 24.6. The van der Waals surface area contributed by atoms with E-state index in [-0.39, 0.29) is 30.8 Å². The third-order valence-electron chi connectivity index (χ3n) is 6.12. The summed E-state index contributed by atoms with van der Waals surface area (Å²) in [7, 11) is 0. The fourth-order valence-corrected chi connectivity index (χ4v) is 3.88. The van der Waals surface area contributed by atoms with Crippen molar-refractivity contribution in [3.05, 3.63) is 102 Å². The molecule has 0 aliphatic heterocycles. The van der Waals surface area contributed by atoms with Crippen LogP contribution in [0.4, 0.5) is 4.39 Å². The maximum absolute atomic E-state index is 14.6. The van der Waals surface area contributed by atoms with Gasteiger partial charge in [-0.3, -0.25) is 9.59 Å². The number of nitrogens with one attached hydrogen (secondary N) is 1. The van der Waals surface area contributed by atoms with Crippen LogP contribution >= 0.6 is 0 Å². The van der Waals surface area contributed by atoms with Crippen molar-refractivity contribution in [2.75, 3.05) is 6.61 Å². The van der Waals surface area contributed by atoms with Crippen molar-refractivity contribution >= 4 is 11.8 Å². The molecule has 0 aliphatic carbocycles. The van der Waals surface area contributed by atoms with Crippen molar-refractivity contribution in [3.8, 4) is 5.75 Å². The Kier molecular flexibility index (Phi) is 10.5. The van der Waals surface area contributed by atoms with Crippen molar-refractivity contribution < 1.29 is 18.7 Å². The number of halogens is 1. The molecule has 36 heavy (non-hydrogen) atoms. The lowest BCUT2D eigenvalue weighted by atomic mass is 10.0. The number of carbonyl (C=O) groups is 2. The lowest BCUT2D eigenvalue weighted by Crippen LogP contribution is -2.52. The minimum Gasteiger partial charge on any atom is -0.494 e. The quantitative estimate of drug-likeness (QED) is 0.320. The van der Waals surface area contributed by atoms with E-state index in [4.69, 9.17) is 4.74 Å². The van der Waals surface area contributed by atoms with E-state index in [1.54, 1.807) is 18.2 Å². The second-order valence-corrected chi connectivity index (χ2v) is 8.90. The summed E-state index contributed by atoms with van der Waals surface area (Å²) in [4.78, 5) is 28.5. The summed E-state index contributed by atoms with van der Waals surface area (Å²) in [6.45, 7) is 4.30. The molecule has 0 radical (unpaired) electrons. The van der Waals surface area contributed by atoms with Crippen molar-refractivity contribution in [3.63, 3.8) is 0 Å². The predicted octanol–water partition coefficient (Wildman–Crippen LogP) is 5.54. The smallest absolute Gasteiger partial charge is 0.243 e. The van der Waals surface area contributed by atoms with E-state index in [1.807, 2.05) is 74.5 Å². The Balaban J connectivity index is 1.81. The molecule has 3 rings (SSSR count). The Bertz CT molecular complexity index is 1090. The van der Waals surface area contributed by atoms with E-state index >= 15 is 0 Å². The Labute approximate surface area is 213 Å². The zero-order valence-corrected chi connectivity index (χ0v) is 21.0. The molecule has 190 valence electrons. The first kappa shape index (κ1) is 26.9. The van der Waals surface area contributed by atoms with Gasteiger partial charge in [-0.2, -0.15) is 0 Å². The molecule has 0 bridgehead atoms. The number of amides is 2. The van der Waals surface area contributed by atoms with E-state index in [0.717, 1.165) is 17.7 Å². The van der Waals surface area contributed by atoms with Gasteiger partial charge in [-0.05, 0) is 43.5 Å². The summed E-state index contributed by atoms with van der Waals surface area (Å²) in [6.07, 6.45) is 1.77. The lowest BCUT2D eigenvalue weighted by Gasteiger charge is -2.32. The van der Waals surface area contributed by atoms with Gasteiger partial charge in [0, 0.05) is 31.0 Å². The largest absolute Gasteiger partial charge is 0.494 e. The topological polar surface area (TPSA) is 58.6 Å². The third-order valence-corrected chi connectivity index (χ3v) is 6.12. The number of para-hydroxylation sites is 1. The highest BCUT2D eigenvalue weighted by Crippen LogP contribution is 2.19. The number of benzene rings is 3. The molecule has 2 amide bonds. The third kappa shape index (κ3) is 8.22. The van der Waals surface area contributed by atoms with Crippen LogP contribution in [0.1, 0.15) is 44.2 Å². The monoisotopic (exact) mass is 490 g/mol. The number of hydrogen-bond donors (Lipinski definition) is 1. The molecular weight excluding hydrogens is 455 g/mol. The van der Waals surface area contributed by atoms with Gasteiger partial charge in [-0.1, -0.05) is 73.7 Å². The average molecular weight is 491 g/mol. The number of hydrogen-bond acceptors (Lipinski definition) is 3. The maximum atomic E-state index is 14.6. The van der Waals surface area contributed by atoms with Gasteiger partial charge in [0.1, 0.15) is 17.6 Å². The molecule has 6 heteroatoms. The van der Waals surface area contributed by atoms with Crippen LogP contribution in [-0.2, 0) is 22.6 Å². The van der Waals surface area contributed by atoms with Gasteiger partial charge < -0.3 is 15.0 Å². The van der Waals surface area contributed by atoms with Crippen LogP contribution in [0, 0.1) is 5.82 Å². The SMILES string of the molecule is CC[C@H](C)NC(=O)[C@@H](Cc1ccccc1)N(Cc1ccccc1F)C(=O)CCCOc1ccccc1. The Morgan fingerprint density at radius 3 is 2.25 bits per heavy atom. The molecule has 0 saturated heterocycles. The van der Waals surface area contributed by atoms with Gasteiger partial charge in [-0.15, -0.1) is 0 Å². The van der Waals surface area contributed by atoms with Gasteiger partial charge >= 0.3 is 0 Å². The molecule has 1 N–H and O–H groups in total. The summed E-state index contributed by atoms with van der Waals surface area (Å²) < 4.78 is 20.3. The van der Waals surface area contributed by atoms with Crippen LogP contribution in [0.15, 0.2) is 84.9 Å². The highest BCUT2D eigenvalue weighted by molar-refractivity contribution is 5.88. The van der Waals surface area contributed by atoms with Crippen LogP contribution in [0.2, 0.25) is 0 Å². The van der Waals surface area contributed by atoms with E-state index in [1.165, 1.54) is 11.0 Å². The lowest BCUT2D eigenvalue weighted by molar-refractivity contribution is -0.141. The van der Waals surface area contributed by atoms with E-state index < -0.39 is 11.9 Å². The zero-order chi connectivity index (χ0) is 25.8. The molecule has 0 saturated carbocycles. The van der Waals surface area contributed by atoms with Gasteiger partial charge in [-0.25, -0.2) is 4.39 Å². The summed E-state index contributed by atoms with van der Waals surface area (Å²) in [5, 5.41) is 3.02. The van der Waals surface area contributed by atoms with E-state index in [0.29, 0.717) is 25.0 Å². The van der Waals surface area contributed by atoms with E-state index in [9.17, 15) is 14.0 Å². The number of nitrogens with zero attached hydrogens (tertiary/aromatic N) is 1. The normalized spacial score (nSPS) is 12.4. The minimum atomic E-state index is -0.774. The molecule has 0 spiro atoms. The fourth-order valence-electron chi connectivity index (χ4n) is 3.88. The van der Waals surface area contributed by atoms with Crippen molar-refractivity contribution in [2.45, 2.75) is 58.2 Å². The fraction of sp³-hybridized carbons (Fsp3) is 0.333. The molecule has 0 unspecified atom stereocenters. The summed E-state index contributed by atoms with van der Waals surface area (Å²) >= 11 is 0. The molecular formula is C30H35FN2O3. The number of carbonyl (C=O) groups excluding carboxylic acids is 2. The second kappa shape index (κ2) is 14.0. The minimum absolute atomic E-state index is 0.0104. The van der Waals surface area contributed by atoms with Crippen LogP contribution in [0.3, 0.4) is 0 Å².